The summed E-state index contributed by atoms with van der Waals surface area (Å²) < 4.78 is 10.9. The number of nitrogens with zero attached hydrogens (tertiary/aromatic N) is 2. The van der Waals surface area contributed by atoms with Gasteiger partial charge in [0, 0.05) is 19.2 Å². The first-order valence-corrected chi connectivity index (χ1v) is 11.4. The topological polar surface area (TPSA) is 59.1 Å². The van der Waals surface area contributed by atoms with Gasteiger partial charge in [-0.1, -0.05) is 48.5 Å². The van der Waals surface area contributed by atoms with E-state index in [1.54, 1.807) is 31.4 Å². The number of rotatable bonds is 9. The third-order valence-electron chi connectivity index (χ3n) is 5.74. The molecule has 0 aliphatic carbocycles. The fourth-order valence-corrected chi connectivity index (χ4v) is 4.09. The average Bonchev–Trinajstić information content (AvgIpc) is 3.13. The van der Waals surface area contributed by atoms with Crippen LogP contribution in [-0.4, -0.2) is 37.0 Å². The molecule has 3 aromatic carbocycles. The minimum atomic E-state index is -0.357. The molecule has 0 saturated heterocycles. The Labute approximate surface area is 200 Å². The molecule has 0 spiro atoms. The fourth-order valence-electron chi connectivity index (χ4n) is 4.09. The highest BCUT2D eigenvalue weighted by molar-refractivity contribution is 6.45. The minimum Gasteiger partial charge on any atom is -0.497 e. The van der Waals surface area contributed by atoms with Crippen molar-refractivity contribution in [2.24, 2.45) is 0 Å². The van der Waals surface area contributed by atoms with Crippen LogP contribution < -0.4 is 14.4 Å². The molecule has 0 fully saturated rings. The van der Waals surface area contributed by atoms with Crippen LogP contribution in [0.25, 0.3) is 5.57 Å². The molecule has 0 atom stereocenters. The molecule has 6 heteroatoms. The van der Waals surface area contributed by atoms with Crippen molar-refractivity contribution in [2.45, 2.75) is 20.4 Å². The van der Waals surface area contributed by atoms with Gasteiger partial charge in [-0.3, -0.25) is 9.59 Å². The lowest BCUT2D eigenvalue weighted by atomic mass is 10.0. The van der Waals surface area contributed by atoms with Gasteiger partial charge < -0.3 is 14.4 Å². The lowest BCUT2D eigenvalue weighted by Gasteiger charge is -2.25. The Bertz CT molecular complexity index is 1200. The van der Waals surface area contributed by atoms with E-state index in [-0.39, 0.29) is 11.8 Å². The van der Waals surface area contributed by atoms with Gasteiger partial charge in [0.25, 0.3) is 11.8 Å². The Morgan fingerprint density at radius 1 is 0.824 bits per heavy atom. The van der Waals surface area contributed by atoms with Gasteiger partial charge in [-0.25, -0.2) is 4.90 Å². The number of carbonyl (C=O) groups excluding carboxylic acids is 2. The summed E-state index contributed by atoms with van der Waals surface area (Å²) in [6.45, 7) is 5.53. The molecule has 0 saturated carbocycles. The van der Waals surface area contributed by atoms with Crippen LogP contribution in [0.1, 0.15) is 25.0 Å². The van der Waals surface area contributed by atoms with Crippen molar-refractivity contribution in [1.82, 2.24) is 4.90 Å². The van der Waals surface area contributed by atoms with Gasteiger partial charge in [0.05, 0.1) is 25.0 Å². The first kappa shape index (κ1) is 23.1. The molecule has 4 rings (SSSR count). The number of imide groups is 1. The molecule has 174 valence electrons. The molecule has 0 bridgehead atoms. The molecule has 2 amide bonds. The molecule has 34 heavy (non-hydrogen) atoms. The van der Waals surface area contributed by atoms with Crippen molar-refractivity contribution in [1.29, 1.82) is 0 Å². The molecule has 1 aliphatic heterocycles. The van der Waals surface area contributed by atoms with Crippen LogP contribution in [0.3, 0.4) is 0 Å². The summed E-state index contributed by atoms with van der Waals surface area (Å²) in [5, 5.41) is 0. The molecular formula is C28H28N2O4. The number of anilines is 1. The lowest BCUT2D eigenvalue weighted by Crippen LogP contribution is -2.35. The molecule has 1 heterocycles. The number of hydrogen-bond acceptors (Lipinski definition) is 5. The first-order chi connectivity index (χ1) is 16.6. The molecule has 3 aromatic rings. The van der Waals surface area contributed by atoms with E-state index in [1.807, 2.05) is 73.3 Å². The number of likely N-dealkylation sites (N-methyl/N-ethyl adjacent to an activating group) is 1. The highest BCUT2D eigenvalue weighted by Gasteiger charge is 2.42. The van der Waals surface area contributed by atoms with Gasteiger partial charge in [0.15, 0.2) is 0 Å². The SMILES string of the molecule is CCOc1ccc(C2=C(N(CC)Cc3ccccc3)C(=O)N(c3cccc(OC)c3)C2=O)cc1. The number of amides is 2. The quantitative estimate of drug-likeness (QED) is 0.429. The van der Waals surface area contributed by atoms with Crippen molar-refractivity contribution < 1.29 is 19.1 Å². The summed E-state index contributed by atoms with van der Waals surface area (Å²) in [5.41, 5.74) is 2.98. The largest absolute Gasteiger partial charge is 0.497 e. The van der Waals surface area contributed by atoms with E-state index >= 15 is 0 Å². The maximum absolute atomic E-state index is 13.8. The fraction of sp³-hybridized carbons (Fsp3) is 0.214. The predicted octanol–water partition coefficient (Wildman–Crippen LogP) is 4.90. The standard InChI is InChI=1S/C28H28N2O4/c1-4-29(19-20-10-7-6-8-11-20)26-25(21-14-16-23(17-15-21)34-5-2)27(31)30(28(26)32)22-12-9-13-24(18-22)33-3/h6-18H,4-5,19H2,1-3H3. The number of benzene rings is 3. The first-order valence-electron chi connectivity index (χ1n) is 11.4. The normalized spacial score (nSPS) is 13.4. The van der Waals surface area contributed by atoms with Crippen LogP contribution in [-0.2, 0) is 16.1 Å². The molecule has 0 unspecified atom stereocenters. The van der Waals surface area contributed by atoms with E-state index in [0.717, 1.165) is 5.56 Å². The highest BCUT2D eigenvalue weighted by atomic mass is 16.5. The number of ether oxygens (including phenoxy) is 2. The van der Waals surface area contributed by atoms with Gasteiger partial charge >= 0.3 is 0 Å². The number of methoxy groups -OCH3 is 1. The van der Waals surface area contributed by atoms with E-state index in [2.05, 4.69) is 0 Å². The highest BCUT2D eigenvalue weighted by Crippen LogP contribution is 2.36. The number of carbonyl (C=O) groups is 2. The molecule has 1 aliphatic rings. The molecule has 6 nitrogen and oxygen atoms in total. The zero-order valence-electron chi connectivity index (χ0n) is 19.7. The molecule has 0 aromatic heterocycles. The maximum atomic E-state index is 13.8. The van der Waals surface area contributed by atoms with Crippen molar-refractivity contribution in [2.75, 3.05) is 25.2 Å². The Morgan fingerprint density at radius 3 is 2.21 bits per heavy atom. The van der Waals surface area contributed by atoms with Gasteiger partial charge in [-0.15, -0.1) is 0 Å². The smallest absolute Gasteiger partial charge is 0.282 e. The Kier molecular flexibility index (Phi) is 6.97. The zero-order valence-corrected chi connectivity index (χ0v) is 19.7. The van der Waals surface area contributed by atoms with Gasteiger partial charge in [0.2, 0.25) is 0 Å². The van der Waals surface area contributed by atoms with Gasteiger partial charge in [-0.2, -0.15) is 0 Å². The summed E-state index contributed by atoms with van der Waals surface area (Å²) in [5.74, 6) is 0.584. The third kappa shape index (κ3) is 4.53. The summed E-state index contributed by atoms with van der Waals surface area (Å²) in [7, 11) is 1.56. The number of hydrogen-bond donors (Lipinski definition) is 0. The summed E-state index contributed by atoms with van der Waals surface area (Å²) in [6, 6.07) is 24.2. The lowest BCUT2D eigenvalue weighted by molar-refractivity contribution is -0.120. The zero-order chi connectivity index (χ0) is 24.1. The Balaban J connectivity index is 1.81. The van der Waals surface area contributed by atoms with Crippen LogP contribution in [0.4, 0.5) is 5.69 Å². The van der Waals surface area contributed by atoms with Crippen LogP contribution in [0, 0.1) is 0 Å². The summed E-state index contributed by atoms with van der Waals surface area (Å²) in [6.07, 6.45) is 0. The monoisotopic (exact) mass is 456 g/mol. The Morgan fingerprint density at radius 2 is 1.56 bits per heavy atom. The van der Waals surface area contributed by atoms with E-state index in [0.29, 0.717) is 53.7 Å². The van der Waals surface area contributed by atoms with E-state index in [9.17, 15) is 9.59 Å². The van der Waals surface area contributed by atoms with Crippen LogP contribution in [0.2, 0.25) is 0 Å². The molecule has 0 radical (unpaired) electrons. The van der Waals surface area contributed by atoms with Crippen molar-refractivity contribution in [3.8, 4) is 11.5 Å². The second-order valence-electron chi connectivity index (χ2n) is 7.83. The van der Waals surface area contributed by atoms with E-state index in [4.69, 9.17) is 9.47 Å². The van der Waals surface area contributed by atoms with Gasteiger partial charge in [-0.05, 0) is 49.2 Å². The average molecular weight is 457 g/mol. The summed E-state index contributed by atoms with van der Waals surface area (Å²) in [4.78, 5) is 30.8. The minimum absolute atomic E-state index is 0.347. The van der Waals surface area contributed by atoms with Crippen LogP contribution >= 0.6 is 0 Å². The van der Waals surface area contributed by atoms with Crippen molar-refractivity contribution >= 4 is 23.1 Å². The van der Waals surface area contributed by atoms with Crippen molar-refractivity contribution in [3.05, 3.63) is 95.7 Å². The Hall–Kier alpha value is -4.06. The van der Waals surface area contributed by atoms with E-state index in [1.165, 1.54) is 4.90 Å². The molecule has 0 N–H and O–H groups in total. The maximum Gasteiger partial charge on any atom is 0.282 e. The van der Waals surface area contributed by atoms with Crippen LogP contribution in [0.5, 0.6) is 11.5 Å². The second-order valence-corrected chi connectivity index (χ2v) is 7.83. The van der Waals surface area contributed by atoms with Crippen molar-refractivity contribution in [3.63, 3.8) is 0 Å². The predicted molar refractivity (Wildman–Crippen MR) is 133 cm³/mol. The second kappa shape index (κ2) is 10.3. The van der Waals surface area contributed by atoms with Crippen LogP contribution in [0.15, 0.2) is 84.6 Å². The summed E-state index contributed by atoms with van der Waals surface area (Å²) >= 11 is 0. The molecular weight excluding hydrogens is 428 g/mol. The van der Waals surface area contributed by atoms with E-state index < -0.39 is 0 Å². The third-order valence-corrected chi connectivity index (χ3v) is 5.74. The van der Waals surface area contributed by atoms with Gasteiger partial charge in [0.1, 0.15) is 17.2 Å².